The molecule has 1 rings (SSSR count). The lowest BCUT2D eigenvalue weighted by Gasteiger charge is -2.18. The fourth-order valence-corrected chi connectivity index (χ4v) is 1.64. The molecule has 0 saturated carbocycles. The number of imidazole rings is 1. The van der Waals surface area contributed by atoms with Crippen molar-refractivity contribution in [3.05, 3.63) is 18.2 Å². The SMILES string of the molecule is CCCc1nccn1CC(OCC)OCC. The predicted octanol–water partition coefficient (Wildman–Crippen LogP) is 2.23. The van der Waals surface area contributed by atoms with E-state index in [1.165, 1.54) is 0 Å². The van der Waals surface area contributed by atoms with E-state index in [1.54, 1.807) is 0 Å². The number of hydrogen-bond acceptors (Lipinski definition) is 3. The number of nitrogens with zero attached hydrogens (tertiary/aromatic N) is 2. The average molecular weight is 226 g/mol. The summed E-state index contributed by atoms with van der Waals surface area (Å²) in [5.74, 6) is 1.10. The molecule has 0 unspecified atom stereocenters. The Morgan fingerprint density at radius 2 is 1.94 bits per heavy atom. The summed E-state index contributed by atoms with van der Waals surface area (Å²) in [5.41, 5.74) is 0. The molecule has 0 fully saturated rings. The minimum atomic E-state index is -0.167. The maximum Gasteiger partial charge on any atom is 0.175 e. The molecule has 0 aromatic carbocycles. The van der Waals surface area contributed by atoms with Crippen LogP contribution in [0.25, 0.3) is 0 Å². The quantitative estimate of drug-likeness (QED) is 0.638. The second kappa shape index (κ2) is 7.41. The smallest absolute Gasteiger partial charge is 0.175 e. The van der Waals surface area contributed by atoms with Gasteiger partial charge in [-0.25, -0.2) is 4.98 Å². The molecular weight excluding hydrogens is 204 g/mol. The second-order valence-electron chi connectivity index (χ2n) is 3.59. The van der Waals surface area contributed by atoms with Gasteiger partial charge in [-0.2, -0.15) is 0 Å². The van der Waals surface area contributed by atoms with Gasteiger partial charge < -0.3 is 14.0 Å². The van der Waals surface area contributed by atoms with Gasteiger partial charge in [-0.15, -0.1) is 0 Å². The maximum atomic E-state index is 5.52. The minimum Gasteiger partial charge on any atom is -0.351 e. The molecule has 0 radical (unpaired) electrons. The average Bonchev–Trinajstić information content (AvgIpc) is 2.67. The summed E-state index contributed by atoms with van der Waals surface area (Å²) in [6, 6.07) is 0. The van der Waals surface area contributed by atoms with Crippen molar-refractivity contribution >= 4 is 0 Å². The first-order valence-corrected chi connectivity index (χ1v) is 6.05. The predicted molar refractivity (Wildman–Crippen MR) is 63.3 cm³/mol. The molecule has 1 aromatic heterocycles. The molecule has 0 aliphatic heterocycles. The van der Waals surface area contributed by atoms with Gasteiger partial charge in [0.1, 0.15) is 5.82 Å². The zero-order chi connectivity index (χ0) is 11.8. The molecule has 0 aliphatic rings. The summed E-state index contributed by atoms with van der Waals surface area (Å²) in [7, 11) is 0. The Morgan fingerprint density at radius 3 is 2.50 bits per heavy atom. The Balaban J connectivity index is 2.57. The fraction of sp³-hybridized carbons (Fsp3) is 0.750. The van der Waals surface area contributed by atoms with Crippen molar-refractivity contribution in [1.82, 2.24) is 9.55 Å². The van der Waals surface area contributed by atoms with Crippen molar-refractivity contribution in [2.45, 2.75) is 46.4 Å². The number of aryl methyl sites for hydroxylation is 1. The van der Waals surface area contributed by atoms with Crippen LogP contribution in [0.3, 0.4) is 0 Å². The van der Waals surface area contributed by atoms with Gasteiger partial charge in [0.15, 0.2) is 6.29 Å². The van der Waals surface area contributed by atoms with Gasteiger partial charge in [-0.1, -0.05) is 6.92 Å². The maximum absolute atomic E-state index is 5.52. The van der Waals surface area contributed by atoms with Gasteiger partial charge in [0.05, 0.1) is 6.54 Å². The van der Waals surface area contributed by atoms with Crippen LogP contribution in [0.15, 0.2) is 12.4 Å². The van der Waals surface area contributed by atoms with Crippen LogP contribution in [0.5, 0.6) is 0 Å². The molecule has 0 saturated heterocycles. The van der Waals surface area contributed by atoms with Crippen LogP contribution in [-0.4, -0.2) is 29.1 Å². The van der Waals surface area contributed by atoms with E-state index in [0.717, 1.165) is 25.2 Å². The first kappa shape index (κ1) is 13.2. The summed E-state index contributed by atoms with van der Waals surface area (Å²) >= 11 is 0. The Hall–Kier alpha value is -0.870. The van der Waals surface area contributed by atoms with E-state index < -0.39 is 0 Å². The van der Waals surface area contributed by atoms with E-state index in [-0.39, 0.29) is 6.29 Å². The Morgan fingerprint density at radius 1 is 1.25 bits per heavy atom. The van der Waals surface area contributed by atoms with Gasteiger partial charge in [0, 0.05) is 32.0 Å². The van der Waals surface area contributed by atoms with E-state index in [1.807, 2.05) is 26.2 Å². The monoisotopic (exact) mass is 226 g/mol. The van der Waals surface area contributed by atoms with Crippen molar-refractivity contribution in [1.29, 1.82) is 0 Å². The zero-order valence-corrected chi connectivity index (χ0v) is 10.5. The molecule has 0 atom stereocenters. The second-order valence-corrected chi connectivity index (χ2v) is 3.59. The number of hydrogen-bond donors (Lipinski definition) is 0. The first-order chi connectivity index (χ1) is 7.81. The molecule has 0 N–H and O–H groups in total. The molecule has 16 heavy (non-hydrogen) atoms. The molecule has 0 bridgehead atoms. The van der Waals surface area contributed by atoms with E-state index >= 15 is 0 Å². The third-order valence-electron chi connectivity index (χ3n) is 2.33. The van der Waals surface area contributed by atoms with Gasteiger partial charge in [-0.3, -0.25) is 0 Å². The van der Waals surface area contributed by atoms with Crippen molar-refractivity contribution in [2.24, 2.45) is 0 Å². The van der Waals surface area contributed by atoms with Gasteiger partial charge in [-0.05, 0) is 20.3 Å². The van der Waals surface area contributed by atoms with Gasteiger partial charge in [0.2, 0.25) is 0 Å². The van der Waals surface area contributed by atoms with E-state index in [0.29, 0.717) is 13.2 Å². The van der Waals surface area contributed by atoms with Crippen LogP contribution in [-0.2, 0) is 22.4 Å². The lowest BCUT2D eigenvalue weighted by atomic mass is 10.3. The van der Waals surface area contributed by atoms with E-state index in [2.05, 4.69) is 16.5 Å². The zero-order valence-electron chi connectivity index (χ0n) is 10.5. The molecular formula is C12H22N2O2. The normalized spacial score (nSPS) is 11.2. The van der Waals surface area contributed by atoms with E-state index in [9.17, 15) is 0 Å². The number of ether oxygens (including phenoxy) is 2. The molecule has 92 valence electrons. The van der Waals surface area contributed by atoms with Crippen molar-refractivity contribution in [3.8, 4) is 0 Å². The van der Waals surface area contributed by atoms with Crippen LogP contribution in [0, 0.1) is 0 Å². The minimum absolute atomic E-state index is 0.167. The standard InChI is InChI=1S/C12H22N2O2/c1-4-7-11-13-8-9-14(11)10-12(15-5-2)16-6-3/h8-9,12H,4-7,10H2,1-3H3. The topological polar surface area (TPSA) is 36.3 Å². The van der Waals surface area contributed by atoms with Crippen molar-refractivity contribution in [2.75, 3.05) is 13.2 Å². The Bertz CT molecular complexity index is 280. The van der Waals surface area contributed by atoms with Gasteiger partial charge >= 0.3 is 0 Å². The van der Waals surface area contributed by atoms with Crippen LogP contribution in [0.4, 0.5) is 0 Å². The lowest BCUT2D eigenvalue weighted by Crippen LogP contribution is -2.24. The fourth-order valence-electron chi connectivity index (χ4n) is 1.64. The Labute approximate surface area is 97.6 Å². The van der Waals surface area contributed by atoms with Crippen LogP contribution in [0.1, 0.15) is 33.0 Å². The number of aromatic nitrogens is 2. The molecule has 4 nitrogen and oxygen atoms in total. The van der Waals surface area contributed by atoms with Gasteiger partial charge in [0.25, 0.3) is 0 Å². The largest absolute Gasteiger partial charge is 0.351 e. The molecule has 4 heteroatoms. The lowest BCUT2D eigenvalue weighted by molar-refractivity contribution is -0.143. The van der Waals surface area contributed by atoms with Crippen LogP contribution in [0.2, 0.25) is 0 Å². The van der Waals surface area contributed by atoms with Crippen LogP contribution >= 0.6 is 0 Å². The molecule has 0 aliphatic carbocycles. The summed E-state index contributed by atoms with van der Waals surface area (Å²) in [6.07, 6.45) is 5.75. The van der Waals surface area contributed by atoms with E-state index in [4.69, 9.17) is 9.47 Å². The third-order valence-corrected chi connectivity index (χ3v) is 2.33. The van der Waals surface area contributed by atoms with Crippen molar-refractivity contribution in [3.63, 3.8) is 0 Å². The van der Waals surface area contributed by atoms with Crippen LogP contribution < -0.4 is 0 Å². The van der Waals surface area contributed by atoms with Crippen molar-refractivity contribution < 1.29 is 9.47 Å². The highest BCUT2D eigenvalue weighted by Crippen LogP contribution is 2.06. The molecule has 0 spiro atoms. The number of rotatable bonds is 8. The molecule has 1 heterocycles. The molecule has 0 amide bonds. The highest BCUT2D eigenvalue weighted by molar-refractivity contribution is 4.92. The summed E-state index contributed by atoms with van der Waals surface area (Å²) < 4.78 is 13.1. The summed E-state index contributed by atoms with van der Waals surface area (Å²) in [4.78, 5) is 4.33. The third kappa shape index (κ3) is 3.94. The Kier molecular flexibility index (Phi) is 6.11. The highest BCUT2D eigenvalue weighted by atomic mass is 16.7. The summed E-state index contributed by atoms with van der Waals surface area (Å²) in [6.45, 7) is 8.17. The molecule has 1 aromatic rings. The summed E-state index contributed by atoms with van der Waals surface area (Å²) in [5, 5.41) is 0. The highest BCUT2D eigenvalue weighted by Gasteiger charge is 2.11. The first-order valence-electron chi connectivity index (χ1n) is 6.05.